The number of nitrogens with zero attached hydrogens (tertiary/aromatic N) is 1. The molecule has 5 nitrogen and oxygen atoms in total. The van der Waals surface area contributed by atoms with Gasteiger partial charge in [-0.05, 0) is 24.1 Å². The zero-order valence-electron chi connectivity index (χ0n) is 13.8. The second kappa shape index (κ2) is 8.26. The number of oxazole rings is 1. The summed E-state index contributed by atoms with van der Waals surface area (Å²) in [6.07, 6.45) is 3.36. The molecule has 0 saturated carbocycles. The summed E-state index contributed by atoms with van der Waals surface area (Å²) in [7, 11) is 0. The van der Waals surface area contributed by atoms with E-state index in [0.717, 1.165) is 16.9 Å². The third kappa shape index (κ3) is 4.78. The maximum atomic E-state index is 12.0. The molecule has 0 bridgehead atoms. The van der Waals surface area contributed by atoms with Crippen LogP contribution in [0, 0.1) is 0 Å². The van der Waals surface area contributed by atoms with Crippen molar-refractivity contribution in [2.45, 2.75) is 25.9 Å². The van der Waals surface area contributed by atoms with Crippen LogP contribution >= 0.6 is 0 Å². The SMILES string of the molecule is O=C(CCCc1ncc(-c2ccccc2)o1)Nc1cccc(CO)c1. The highest BCUT2D eigenvalue weighted by molar-refractivity contribution is 5.90. The molecule has 3 aromatic rings. The van der Waals surface area contributed by atoms with E-state index in [-0.39, 0.29) is 12.5 Å². The number of aliphatic hydroxyl groups excluding tert-OH is 1. The summed E-state index contributed by atoms with van der Waals surface area (Å²) in [4.78, 5) is 16.3. The van der Waals surface area contributed by atoms with Gasteiger partial charge < -0.3 is 14.8 Å². The van der Waals surface area contributed by atoms with E-state index in [1.165, 1.54) is 0 Å². The number of nitrogens with one attached hydrogen (secondary N) is 1. The van der Waals surface area contributed by atoms with Crippen molar-refractivity contribution < 1.29 is 14.3 Å². The normalized spacial score (nSPS) is 10.6. The number of aliphatic hydroxyl groups is 1. The van der Waals surface area contributed by atoms with Gasteiger partial charge in [-0.1, -0.05) is 42.5 Å². The maximum absolute atomic E-state index is 12.0. The Bertz CT molecular complexity index is 828. The lowest BCUT2D eigenvalue weighted by atomic mass is 10.2. The second-order valence-electron chi connectivity index (χ2n) is 5.74. The molecule has 25 heavy (non-hydrogen) atoms. The number of carbonyl (C=O) groups is 1. The Labute approximate surface area is 146 Å². The van der Waals surface area contributed by atoms with E-state index in [4.69, 9.17) is 9.52 Å². The monoisotopic (exact) mass is 336 g/mol. The molecule has 5 heteroatoms. The largest absolute Gasteiger partial charge is 0.441 e. The lowest BCUT2D eigenvalue weighted by molar-refractivity contribution is -0.116. The summed E-state index contributed by atoms with van der Waals surface area (Å²) in [6.45, 7) is -0.0440. The standard InChI is InChI=1S/C20H20N2O3/c23-14-15-6-4-9-17(12-15)22-19(24)10-5-11-20-21-13-18(25-20)16-7-2-1-3-8-16/h1-4,6-9,12-13,23H,5,10-11,14H2,(H,22,24). The van der Waals surface area contributed by atoms with E-state index < -0.39 is 0 Å². The number of amides is 1. The molecule has 1 heterocycles. The van der Waals surface area contributed by atoms with E-state index in [2.05, 4.69) is 10.3 Å². The first-order chi connectivity index (χ1) is 12.2. The highest BCUT2D eigenvalue weighted by Gasteiger charge is 2.08. The molecule has 2 aromatic carbocycles. The number of aromatic nitrogens is 1. The molecule has 0 aliphatic heterocycles. The van der Waals surface area contributed by atoms with Crippen molar-refractivity contribution in [3.63, 3.8) is 0 Å². The Morgan fingerprint density at radius 1 is 1.12 bits per heavy atom. The number of rotatable bonds is 7. The molecule has 0 unspecified atom stereocenters. The predicted molar refractivity (Wildman–Crippen MR) is 95.9 cm³/mol. The van der Waals surface area contributed by atoms with Crippen LogP contribution in [0.3, 0.4) is 0 Å². The fourth-order valence-corrected chi connectivity index (χ4v) is 2.53. The number of benzene rings is 2. The van der Waals surface area contributed by atoms with Crippen molar-refractivity contribution in [1.82, 2.24) is 4.98 Å². The van der Waals surface area contributed by atoms with Gasteiger partial charge in [-0.3, -0.25) is 4.79 Å². The lowest BCUT2D eigenvalue weighted by Gasteiger charge is -2.06. The molecule has 128 valence electrons. The van der Waals surface area contributed by atoms with E-state index in [1.807, 2.05) is 36.4 Å². The van der Waals surface area contributed by atoms with Crippen molar-refractivity contribution in [2.75, 3.05) is 5.32 Å². The highest BCUT2D eigenvalue weighted by Crippen LogP contribution is 2.20. The van der Waals surface area contributed by atoms with Gasteiger partial charge in [0, 0.05) is 24.1 Å². The number of hydrogen-bond acceptors (Lipinski definition) is 4. The van der Waals surface area contributed by atoms with Gasteiger partial charge in [-0.15, -0.1) is 0 Å². The van der Waals surface area contributed by atoms with E-state index >= 15 is 0 Å². The molecule has 0 saturated heterocycles. The van der Waals surface area contributed by atoms with Crippen LogP contribution in [0.4, 0.5) is 5.69 Å². The Hall–Kier alpha value is -2.92. The fourth-order valence-electron chi connectivity index (χ4n) is 2.53. The molecule has 0 fully saturated rings. The number of carbonyl (C=O) groups excluding carboxylic acids is 1. The highest BCUT2D eigenvalue weighted by atomic mass is 16.4. The zero-order valence-corrected chi connectivity index (χ0v) is 13.8. The average Bonchev–Trinajstić information content (AvgIpc) is 3.11. The minimum absolute atomic E-state index is 0.0440. The second-order valence-corrected chi connectivity index (χ2v) is 5.74. The van der Waals surface area contributed by atoms with Gasteiger partial charge in [0.25, 0.3) is 0 Å². The summed E-state index contributed by atoms with van der Waals surface area (Å²) in [6, 6.07) is 17.0. The van der Waals surface area contributed by atoms with Gasteiger partial charge in [-0.25, -0.2) is 4.98 Å². The summed E-state index contributed by atoms with van der Waals surface area (Å²) in [5.41, 5.74) is 2.45. The quantitative estimate of drug-likeness (QED) is 0.688. The minimum Gasteiger partial charge on any atom is -0.441 e. The van der Waals surface area contributed by atoms with Crippen LogP contribution in [0.15, 0.2) is 65.2 Å². The van der Waals surface area contributed by atoms with Crippen LogP contribution in [0.1, 0.15) is 24.3 Å². The number of aryl methyl sites for hydroxylation is 1. The molecule has 1 aromatic heterocycles. The van der Waals surface area contributed by atoms with Crippen molar-refractivity contribution in [3.8, 4) is 11.3 Å². The Morgan fingerprint density at radius 2 is 1.96 bits per heavy atom. The summed E-state index contributed by atoms with van der Waals surface area (Å²) in [5, 5.41) is 12.0. The predicted octanol–water partition coefficient (Wildman–Crippen LogP) is 3.80. The zero-order chi connectivity index (χ0) is 17.5. The van der Waals surface area contributed by atoms with Crippen LogP contribution in [-0.4, -0.2) is 16.0 Å². The first-order valence-electron chi connectivity index (χ1n) is 8.24. The molecule has 2 N–H and O–H groups in total. The van der Waals surface area contributed by atoms with Gasteiger partial charge in [-0.2, -0.15) is 0 Å². The fraction of sp³-hybridized carbons (Fsp3) is 0.200. The van der Waals surface area contributed by atoms with Gasteiger partial charge >= 0.3 is 0 Å². The Morgan fingerprint density at radius 3 is 2.76 bits per heavy atom. The van der Waals surface area contributed by atoms with Crippen molar-refractivity contribution in [3.05, 3.63) is 72.2 Å². The third-order valence-electron chi connectivity index (χ3n) is 3.80. The number of anilines is 1. The Kier molecular flexibility index (Phi) is 5.59. The smallest absolute Gasteiger partial charge is 0.224 e. The van der Waals surface area contributed by atoms with Crippen LogP contribution in [0.2, 0.25) is 0 Å². The molecule has 3 rings (SSSR count). The Balaban J connectivity index is 1.48. The molecule has 1 amide bonds. The van der Waals surface area contributed by atoms with Crippen LogP contribution < -0.4 is 5.32 Å². The molecule has 0 atom stereocenters. The molecular formula is C20H20N2O3. The van der Waals surface area contributed by atoms with Crippen LogP contribution in [-0.2, 0) is 17.8 Å². The van der Waals surface area contributed by atoms with Gasteiger partial charge in [0.1, 0.15) is 0 Å². The minimum atomic E-state index is -0.0649. The lowest BCUT2D eigenvalue weighted by Crippen LogP contribution is -2.11. The molecule has 0 radical (unpaired) electrons. The van der Waals surface area contributed by atoms with Crippen LogP contribution in [0.25, 0.3) is 11.3 Å². The molecule has 0 aliphatic rings. The van der Waals surface area contributed by atoms with Crippen LogP contribution in [0.5, 0.6) is 0 Å². The van der Waals surface area contributed by atoms with Crippen molar-refractivity contribution in [1.29, 1.82) is 0 Å². The van der Waals surface area contributed by atoms with Crippen molar-refractivity contribution >= 4 is 11.6 Å². The molecule has 0 aliphatic carbocycles. The first kappa shape index (κ1) is 16.9. The third-order valence-corrected chi connectivity index (χ3v) is 3.80. The summed E-state index contributed by atoms with van der Waals surface area (Å²) < 4.78 is 5.73. The van der Waals surface area contributed by atoms with Crippen molar-refractivity contribution in [2.24, 2.45) is 0 Å². The number of hydrogen-bond donors (Lipinski definition) is 2. The first-order valence-corrected chi connectivity index (χ1v) is 8.24. The van der Waals surface area contributed by atoms with E-state index in [9.17, 15) is 4.79 Å². The van der Waals surface area contributed by atoms with Gasteiger partial charge in [0.15, 0.2) is 11.7 Å². The van der Waals surface area contributed by atoms with Gasteiger partial charge in [0.2, 0.25) is 5.91 Å². The van der Waals surface area contributed by atoms with E-state index in [1.54, 1.807) is 24.4 Å². The molecular weight excluding hydrogens is 316 g/mol. The van der Waals surface area contributed by atoms with E-state index in [0.29, 0.717) is 30.8 Å². The summed E-state index contributed by atoms with van der Waals surface area (Å²) in [5.74, 6) is 1.31. The maximum Gasteiger partial charge on any atom is 0.224 e. The topological polar surface area (TPSA) is 75.4 Å². The average molecular weight is 336 g/mol. The molecule has 0 spiro atoms. The van der Waals surface area contributed by atoms with Gasteiger partial charge in [0.05, 0.1) is 12.8 Å². The summed E-state index contributed by atoms with van der Waals surface area (Å²) >= 11 is 0.